The van der Waals surface area contributed by atoms with E-state index in [1.165, 1.54) is 0 Å². The molecule has 4 heteroatoms. The van der Waals surface area contributed by atoms with Crippen molar-refractivity contribution >= 4 is 17.3 Å². The fourth-order valence-corrected chi connectivity index (χ4v) is 0. The largest absolute Gasteiger partial charge is 1.00 e. The predicted octanol–water partition coefficient (Wildman–Crippen LogP) is -3.69. The van der Waals surface area contributed by atoms with Crippen molar-refractivity contribution < 1.29 is 31.0 Å². The zero-order valence-electron chi connectivity index (χ0n) is 4.06. The van der Waals surface area contributed by atoms with Crippen LogP contribution in [0.5, 0.6) is 0 Å². The van der Waals surface area contributed by atoms with E-state index in [0.29, 0.717) is 0 Å². The van der Waals surface area contributed by atoms with Crippen molar-refractivity contribution in [2.45, 2.75) is 0 Å². The van der Waals surface area contributed by atoms with Gasteiger partial charge >= 0.3 is 29.6 Å². The summed E-state index contributed by atoms with van der Waals surface area (Å²) in [4.78, 5) is 0. The van der Waals surface area contributed by atoms with Gasteiger partial charge in [0.1, 0.15) is 0 Å². The monoisotopic (exact) mass is 100 g/mol. The van der Waals surface area contributed by atoms with Gasteiger partial charge in [0, 0.05) is 0 Å². The van der Waals surface area contributed by atoms with E-state index < -0.39 is 0 Å². The molecule has 5 heavy (non-hydrogen) atoms. The standard InChI is InChI=1S/CH4N2S.Na.H/c2-1(3)4;;/h(H4,2,3,4);;/q;+1;-1. The SMILES string of the molecule is NC(N)=S.[H-].[Na+]. The zero-order chi connectivity index (χ0) is 3.58. The molecule has 0 aliphatic rings. The number of hydrogen-bond acceptors (Lipinski definition) is 1. The molecule has 0 heterocycles. The van der Waals surface area contributed by atoms with Crippen LogP contribution in [0.1, 0.15) is 1.43 Å². The quantitative estimate of drug-likeness (QED) is 0.243. The maximum Gasteiger partial charge on any atom is 1.00 e. The van der Waals surface area contributed by atoms with Gasteiger partial charge in [-0.05, 0) is 12.2 Å². The molecule has 0 spiro atoms. The fraction of sp³-hybridized carbons (Fsp3) is 0. The second kappa shape index (κ2) is 4.69. The molecule has 0 saturated heterocycles. The Kier molecular flexibility index (Phi) is 8.62. The third kappa shape index (κ3) is 71.3. The van der Waals surface area contributed by atoms with Gasteiger partial charge in [-0.15, -0.1) is 0 Å². The second-order valence-corrected chi connectivity index (χ2v) is 0.874. The summed E-state index contributed by atoms with van der Waals surface area (Å²) in [7, 11) is 0. The molecule has 26 valence electrons. The second-order valence-electron chi connectivity index (χ2n) is 0.402. The van der Waals surface area contributed by atoms with Crippen molar-refractivity contribution in [2.24, 2.45) is 11.5 Å². The molecule has 0 fully saturated rings. The maximum atomic E-state index is 4.62. The molecule has 0 bridgehead atoms. The van der Waals surface area contributed by atoms with E-state index in [2.05, 4.69) is 23.7 Å². The molecule has 0 unspecified atom stereocenters. The minimum Gasteiger partial charge on any atom is -1.00 e. The molecular weight excluding hydrogens is 95.1 g/mol. The topological polar surface area (TPSA) is 52.0 Å². The number of nitrogens with two attached hydrogens (primary N) is 2. The smallest absolute Gasteiger partial charge is 1.00 e. The first kappa shape index (κ1) is 9.19. The number of hydrogen-bond donors (Lipinski definition) is 2. The molecule has 0 aromatic rings. The predicted molar refractivity (Wildman–Crippen MR) is 22.1 cm³/mol. The molecule has 0 radical (unpaired) electrons. The van der Waals surface area contributed by atoms with E-state index >= 15 is 0 Å². The van der Waals surface area contributed by atoms with Crippen molar-refractivity contribution in [3.63, 3.8) is 0 Å². The van der Waals surface area contributed by atoms with Gasteiger partial charge in [-0.25, -0.2) is 0 Å². The van der Waals surface area contributed by atoms with Crippen molar-refractivity contribution in [3.8, 4) is 0 Å². The minimum atomic E-state index is 0. The van der Waals surface area contributed by atoms with Crippen LogP contribution >= 0.6 is 12.2 Å². The summed E-state index contributed by atoms with van der Waals surface area (Å²) in [6.07, 6.45) is 0. The molecule has 2 nitrogen and oxygen atoms in total. The van der Waals surface area contributed by atoms with E-state index in [0.717, 1.165) is 0 Å². The Hall–Kier alpha value is 0.690. The van der Waals surface area contributed by atoms with E-state index in [1.54, 1.807) is 0 Å². The molecule has 0 aliphatic heterocycles. The van der Waals surface area contributed by atoms with Gasteiger partial charge in [0.25, 0.3) is 0 Å². The van der Waals surface area contributed by atoms with Gasteiger partial charge in [-0.3, -0.25) is 0 Å². The Morgan fingerprint density at radius 2 is 1.60 bits per heavy atom. The normalized spacial score (nSPS) is 4.80. The van der Waals surface area contributed by atoms with E-state index in [1.807, 2.05) is 0 Å². The van der Waals surface area contributed by atoms with Gasteiger partial charge in [0.15, 0.2) is 5.11 Å². The third-order valence-electron chi connectivity index (χ3n) is 0. The van der Waals surface area contributed by atoms with Crippen LogP contribution in [0.15, 0.2) is 0 Å². The van der Waals surface area contributed by atoms with Crippen molar-refractivity contribution in [1.29, 1.82) is 0 Å². The van der Waals surface area contributed by atoms with Crippen LogP contribution in [-0.4, -0.2) is 5.11 Å². The Morgan fingerprint density at radius 3 is 1.60 bits per heavy atom. The Labute approximate surface area is 59.7 Å². The van der Waals surface area contributed by atoms with Crippen LogP contribution in [0.4, 0.5) is 0 Å². The average molecular weight is 100 g/mol. The zero-order valence-corrected chi connectivity index (χ0v) is 5.88. The van der Waals surface area contributed by atoms with Gasteiger partial charge < -0.3 is 12.9 Å². The summed E-state index contributed by atoms with van der Waals surface area (Å²) in [5.74, 6) is 0. The summed E-state index contributed by atoms with van der Waals surface area (Å²) in [5.41, 5.74) is 9.24. The molecule has 0 saturated carbocycles. The van der Waals surface area contributed by atoms with E-state index in [9.17, 15) is 0 Å². The van der Waals surface area contributed by atoms with Crippen LogP contribution in [0.3, 0.4) is 0 Å². The van der Waals surface area contributed by atoms with Gasteiger partial charge in [-0.2, -0.15) is 0 Å². The van der Waals surface area contributed by atoms with Crippen LogP contribution in [-0.2, 0) is 0 Å². The molecular formula is CH5N2NaS. The van der Waals surface area contributed by atoms with Crippen molar-refractivity contribution in [2.75, 3.05) is 0 Å². The summed E-state index contributed by atoms with van der Waals surface area (Å²) in [6.45, 7) is 0. The van der Waals surface area contributed by atoms with Gasteiger partial charge in [0.2, 0.25) is 0 Å². The minimum absolute atomic E-state index is 0. The molecule has 0 aromatic carbocycles. The van der Waals surface area contributed by atoms with Crippen LogP contribution in [0.2, 0.25) is 0 Å². The maximum absolute atomic E-state index is 4.62. The molecule has 0 amide bonds. The first-order valence-corrected chi connectivity index (χ1v) is 1.19. The van der Waals surface area contributed by atoms with E-state index in [4.69, 9.17) is 0 Å². The number of thiocarbonyl (C=S) groups is 1. The summed E-state index contributed by atoms with van der Waals surface area (Å²) < 4.78 is 0. The summed E-state index contributed by atoms with van der Waals surface area (Å²) in [6, 6.07) is 0. The van der Waals surface area contributed by atoms with Crippen molar-refractivity contribution in [1.82, 2.24) is 0 Å². The average Bonchev–Trinajstić information content (AvgIpc) is 0.811. The van der Waals surface area contributed by atoms with Gasteiger partial charge in [0.05, 0.1) is 0 Å². The molecule has 4 N–H and O–H groups in total. The van der Waals surface area contributed by atoms with Crippen molar-refractivity contribution in [3.05, 3.63) is 0 Å². The van der Waals surface area contributed by atoms with E-state index in [-0.39, 0.29) is 36.1 Å². The van der Waals surface area contributed by atoms with Gasteiger partial charge in [-0.1, -0.05) is 0 Å². The fourth-order valence-electron chi connectivity index (χ4n) is 0. The molecule has 0 atom stereocenters. The Morgan fingerprint density at radius 1 is 1.60 bits per heavy atom. The molecule has 0 rings (SSSR count). The molecule has 0 aliphatic carbocycles. The summed E-state index contributed by atoms with van der Waals surface area (Å²) in [5, 5.41) is 0.000000000000000222. The third-order valence-corrected chi connectivity index (χ3v) is 0. The first-order valence-electron chi connectivity index (χ1n) is 0.781. The van der Waals surface area contributed by atoms with Crippen LogP contribution in [0.25, 0.3) is 0 Å². The first-order chi connectivity index (χ1) is 1.73. The summed E-state index contributed by atoms with van der Waals surface area (Å²) >= 11 is 4.09. The molecule has 0 aromatic heterocycles. The van der Waals surface area contributed by atoms with Crippen LogP contribution in [0, 0.1) is 0 Å². The van der Waals surface area contributed by atoms with Crippen LogP contribution < -0.4 is 41.0 Å². The Bertz CT molecular complexity index is 36.5. The Balaban J connectivity index is -0.0000000450. The number of rotatable bonds is 0.